The first-order valence-corrected chi connectivity index (χ1v) is 11.8. The van der Waals surface area contributed by atoms with E-state index in [0.29, 0.717) is 30.4 Å². The number of fused-ring (bicyclic) bond motifs is 1. The maximum Gasteiger partial charge on any atom is 0.253 e. The third kappa shape index (κ3) is 4.92. The van der Waals surface area contributed by atoms with Crippen molar-refractivity contribution in [1.29, 1.82) is 0 Å². The van der Waals surface area contributed by atoms with E-state index in [4.69, 9.17) is 15.1 Å². The number of nitrogens with one attached hydrogen (secondary N) is 2. The number of nitrogens with two attached hydrogens (primary N) is 1. The van der Waals surface area contributed by atoms with Crippen LogP contribution in [0.25, 0.3) is 11.0 Å². The second-order valence-electron chi connectivity index (χ2n) is 8.69. The fourth-order valence-corrected chi connectivity index (χ4v) is 4.51. The molecule has 34 heavy (non-hydrogen) atoms. The lowest BCUT2D eigenvalue weighted by Gasteiger charge is -2.32. The number of para-hydroxylation sites is 3. The Hall–Kier alpha value is -3.78. The highest BCUT2D eigenvalue weighted by Gasteiger charge is 2.22. The van der Waals surface area contributed by atoms with E-state index >= 15 is 0 Å². The molecule has 3 heterocycles. The lowest BCUT2D eigenvalue weighted by Crippen LogP contribution is -2.43. The third-order valence-electron chi connectivity index (χ3n) is 6.39. The average molecular weight is 459 g/mol. The predicted molar refractivity (Wildman–Crippen MR) is 134 cm³/mol. The van der Waals surface area contributed by atoms with Crippen LogP contribution in [-0.4, -0.2) is 52.6 Å². The highest BCUT2D eigenvalue weighted by molar-refractivity contribution is 5.99. The van der Waals surface area contributed by atoms with E-state index in [-0.39, 0.29) is 5.91 Å². The lowest BCUT2D eigenvalue weighted by molar-refractivity contribution is 0.0947. The molecule has 0 saturated carbocycles. The van der Waals surface area contributed by atoms with Crippen molar-refractivity contribution in [3.63, 3.8) is 0 Å². The second-order valence-corrected chi connectivity index (χ2v) is 8.69. The van der Waals surface area contributed by atoms with Crippen molar-refractivity contribution < 1.29 is 9.21 Å². The number of likely N-dealkylation sites (tertiary alicyclic amines) is 1. The van der Waals surface area contributed by atoms with Crippen molar-refractivity contribution in [2.24, 2.45) is 0 Å². The van der Waals surface area contributed by atoms with Crippen LogP contribution in [0.2, 0.25) is 0 Å². The molecule has 0 spiro atoms. The summed E-state index contributed by atoms with van der Waals surface area (Å²) in [5.74, 6) is 1.66. The molecule has 0 atom stereocenters. The summed E-state index contributed by atoms with van der Waals surface area (Å²) in [6, 6.07) is 19.6. The summed E-state index contributed by atoms with van der Waals surface area (Å²) in [6.07, 6.45) is 3.74. The van der Waals surface area contributed by atoms with E-state index in [1.54, 1.807) is 18.4 Å². The summed E-state index contributed by atoms with van der Waals surface area (Å²) in [5, 5.41) is 6.66. The third-order valence-corrected chi connectivity index (χ3v) is 6.39. The van der Waals surface area contributed by atoms with Crippen LogP contribution in [0.3, 0.4) is 0 Å². The van der Waals surface area contributed by atoms with Gasteiger partial charge in [0, 0.05) is 37.9 Å². The molecule has 176 valence electrons. The van der Waals surface area contributed by atoms with Gasteiger partial charge in [-0.3, -0.25) is 4.79 Å². The van der Waals surface area contributed by atoms with Gasteiger partial charge in [0.2, 0.25) is 5.95 Å². The normalized spacial score (nSPS) is 14.9. The number of hydrogen-bond donors (Lipinski definition) is 3. The van der Waals surface area contributed by atoms with E-state index in [9.17, 15) is 4.79 Å². The lowest BCUT2D eigenvalue weighted by atomic mass is 10.1. The summed E-state index contributed by atoms with van der Waals surface area (Å²) in [7, 11) is 0. The fourth-order valence-electron chi connectivity index (χ4n) is 4.51. The highest BCUT2D eigenvalue weighted by atomic mass is 16.3. The van der Waals surface area contributed by atoms with E-state index in [1.165, 1.54) is 0 Å². The van der Waals surface area contributed by atoms with Crippen molar-refractivity contribution in [3.8, 4) is 0 Å². The number of hydrogen-bond acceptors (Lipinski definition) is 6. The van der Waals surface area contributed by atoms with Gasteiger partial charge in [0.05, 0.1) is 29.4 Å². The maximum absolute atomic E-state index is 12.3. The molecule has 0 aliphatic carbocycles. The van der Waals surface area contributed by atoms with Gasteiger partial charge < -0.3 is 30.3 Å². The number of nitrogens with zero attached hydrogens (tertiary/aromatic N) is 3. The van der Waals surface area contributed by atoms with Gasteiger partial charge in [-0.25, -0.2) is 4.98 Å². The van der Waals surface area contributed by atoms with Gasteiger partial charge in [-0.2, -0.15) is 0 Å². The maximum atomic E-state index is 12.3. The number of nitrogen functional groups attached to an aromatic ring is 1. The monoisotopic (exact) mass is 458 g/mol. The Kier molecular flexibility index (Phi) is 6.49. The fraction of sp³-hybridized carbons (Fsp3) is 0.308. The predicted octanol–water partition coefficient (Wildman–Crippen LogP) is 3.57. The van der Waals surface area contributed by atoms with Crippen molar-refractivity contribution in [3.05, 3.63) is 78.3 Å². The minimum absolute atomic E-state index is 0.120. The smallest absolute Gasteiger partial charge is 0.253 e. The molecule has 8 nitrogen and oxygen atoms in total. The number of amides is 1. The Morgan fingerprint density at radius 3 is 2.65 bits per heavy atom. The molecular formula is C26H30N6O2. The van der Waals surface area contributed by atoms with Crippen LogP contribution in [0.15, 0.2) is 71.3 Å². The highest BCUT2D eigenvalue weighted by Crippen LogP contribution is 2.24. The quantitative estimate of drug-likeness (QED) is 0.349. The molecule has 1 saturated heterocycles. The van der Waals surface area contributed by atoms with E-state index in [0.717, 1.165) is 55.2 Å². The number of piperidine rings is 1. The van der Waals surface area contributed by atoms with Crippen molar-refractivity contribution in [1.82, 2.24) is 19.8 Å². The van der Waals surface area contributed by atoms with Crippen molar-refractivity contribution in [2.75, 3.05) is 37.2 Å². The van der Waals surface area contributed by atoms with E-state index < -0.39 is 0 Å². The minimum Gasteiger partial charge on any atom is -0.467 e. The SMILES string of the molecule is Nc1ccccc1C(=O)NCCN1CCC(Nc2nc3ccccc3n2Cc2ccco2)CC1. The van der Waals surface area contributed by atoms with Crippen LogP contribution < -0.4 is 16.4 Å². The Bertz CT molecular complexity index is 1240. The van der Waals surface area contributed by atoms with Crippen molar-refractivity contribution in [2.45, 2.75) is 25.4 Å². The van der Waals surface area contributed by atoms with Gasteiger partial charge in [-0.15, -0.1) is 0 Å². The van der Waals surface area contributed by atoms with Crippen LogP contribution >= 0.6 is 0 Å². The van der Waals surface area contributed by atoms with Gasteiger partial charge in [0.1, 0.15) is 5.76 Å². The molecule has 5 rings (SSSR count). The van der Waals surface area contributed by atoms with Gasteiger partial charge >= 0.3 is 0 Å². The molecule has 2 aromatic heterocycles. The standard InChI is InChI=1S/C26H30N6O2/c27-22-8-2-1-7-21(22)25(33)28-13-16-31-14-11-19(12-15-31)29-26-30-23-9-3-4-10-24(23)32(26)18-20-6-5-17-34-20/h1-10,17,19H,11-16,18,27H2,(H,28,33)(H,29,30). The van der Waals surface area contributed by atoms with E-state index in [2.05, 4.69) is 26.2 Å². The number of benzene rings is 2. The summed E-state index contributed by atoms with van der Waals surface area (Å²) >= 11 is 0. The number of rotatable bonds is 8. The summed E-state index contributed by atoms with van der Waals surface area (Å²) < 4.78 is 7.77. The number of carbonyl (C=O) groups is 1. The van der Waals surface area contributed by atoms with Crippen LogP contribution in [-0.2, 0) is 6.54 Å². The molecule has 1 amide bonds. The van der Waals surface area contributed by atoms with Crippen LogP contribution in [0, 0.1) is 0 Å². The van der Waals surface area contributed by atoms with Gasteiger partial charge in [0.15, 0.2) is 0 Å². The molecule has 1 aliphatic rings. The molecule has 0 radical (unpaired) electrons. The first-order chi connectivity index (χ1) is 16.7. The molecule has 0 bridgehead atoms. The first-order valence-electron chi connectivity index (χ1n) is 11.8. The molecule has 1 fully saturated rings. The first kappa shape index (κ1) is 22.0. The Balaban J connectivity index is 1.15. The Morgan fingerprint density at radius 1 is 1.06 bits per heavy atom. The summed E-state index contributed by atoms with van der Waals surface area (Å²) in [4.78, 5) is 19.6. The number of imidazole rings is 1. The van der Waals surface area contributed by atoms with E-state index in [1.807, 2.05) is 42.5 Å². The zero-order chi connectivity index (χ0) is 23.3. The molecule has 8 heteroatoms. The van der Waals surface area contributed by atoms with Crippen LogP contribution in [0.4, 0.5) is 11.6 Å². The zero-order valence-corrected chi connectivity index (χ0v) is 19.1. The van der Waals surface area contributed by atoms with Crippen molar-refractivity contribution >= 4 is 28.6 Å². The topological polar surface area (TPSA) is 101 Å². The zero-order valence-electron chi connectivity index (χ0n) is 19.1. The number of aromatic nitrogens is 2. The Labute approximate surface area is 198 Å². The molecule has 2 aromatic carbocycles. The number of furan rings is 1. The van der Waals surface area contributed by atoms with Crippen LogP contribution in [0.5, 0.6) is 0 Å². The Morgan fingerprint density at radius 2 is 1.85 bits per heavy atom. The van der Waals surface area contributed by atoms with Gasteiger partial charge in [0.25, 0.3) is 5.91 Å². The largest absolute Gasteiger partial charge is 0.467 e. The average Bonchev–Trinajstić information content (AvgIpc) is 3.49. The molecule has 4 N–H and O–H groups in total. The number of anilines is 2. The molecule has 0 unspecified atom stereocenters. The second kappa shape index (κ2) is 10.0. The number of carbonyl (C=O) groups excluding carboxylic acids is 1. The minimum atomic E-state index is -0.120. The summed E-state index contributed by atoms with van der Waals surface area (Å²) in [5.41, 5.74) is 9.00. The summed E-state index contributed by atoms with van der Waals surface area (Å²) in [6.45, 7) is 4.01. The van der Waals surface area contributed by atoms with Gasteiger partial charge in [-0.1, -0.05) is 24.3 Å². The molecule has 4 aromatic rings. The van der Waals surface area contributed by atoms with Crippen LogP contribution in [0.1, 0.15) is 29.0 Å². The molecule has 1 aliphatic heterocycles. The molecular weight excluding hydrogens is 428 g/mol. The van der Waals surface area contributed by atoms with Gasteiger partial charge in [-0.05, 0) is 49.2 Å².